The van der Waals surface area contributed by atoms with Crippen molar-refractivity contribution in [1.82, 2.24) is 0 Å². The van der Waals surface area contributed by atoms with Gasteiger partial charge in [-0.2, -0.15) is 0 Å². The summed E-state index contributed by atoms with van der Waals surface area (Å²) in [5.41, 5.74) is -1.37. The van der Waals surface area contributed by atoms with Crippen LogP contribution in [0, 0.1) is 0 Å². The van der Waals surface area contributed by atoms with Crippen LogP contribution in [0.4, 0.5) is 0 Å². The molecule has 5 atom stereocenters. The SMILES string of the molecule is C[C@H]1O[C@H](Oc2ccc3ccc(=O)oc3c2-c2c(O)ccc3cc(-c4ccc5ccc(=O)oc5c4)c(=O)oc23)[C@H](O)[C@@H](O)[C@H]1O. The molecule has 228 valence electrons. The second-order valence-electron chi connectivity index (χ2n) is 10.7. The highest BCUT2D eigenvalue weighted by Crippen LogP contribution is 2.45. The molecule has 3 aromatic carbocycles. The van der Waals surface area contributed by atoms with Crippen LogP contribution in [-0.4, -0.2) is 51.1 Å². The van der Waals surface area contributed by atoms with E-state index < -0.39 is 47.6 Å². The fourth-order valence-electron chi connectivity index (χ4n) is 5.53. The van der Waals surface area contributed by atoms with Crippen LogP contribution >= 0.6 is 0 Å². The van der Waals surface area contributed by atoms with Gasteiger partial charge in [0, 0.05) is 28.3 Å². The fourth-order valence-corrected chi connectivity index (χ4v) is 5.53. The summed E-state index contributed by atoms with van der Waals surface area (Å²) in [5, 5.41) is 43.7. The number of rotatable bonds is 4. The Labute approximate surface area is 251 Å². The monoisotopic (exact) mass is 612 g/mol. The molecule has 4 N–H and O–H groups in total. The lowest BCUT2D eigenvalue weighted by Crippen LogP contribution is -2.58. The number of fused-ring (bicyclic) bond motifs is 3. The lowest BCUT2D eigenvalue weighted by molar-refractivity contribution is -0.268. The maximum Gasteiger partial charge on any atom is 0.344 e. The van der Waals surface area contributed by atoms with Crippen molar-refractivity contribution in [3.63, 3.8) is 0 Å². The van der Waals surface area contributed by atoms with E-state index in [1.807, 2.05) is 0 Å². The number of aliphatic hydroxyl groups excluding tert-OH is 3. The largest absolute Gasteiger partial charge is 0.507 e. The van der Waals surface area contributed by atoms with E-state index in [4.69, 9.17) is 22.7 Å². The first-order chi connectivity index (χ1) is 21.6. The lowest BCUT2D eigenvalue weighted by atomic mass is 9.96. The molecule has 4 heterocycles. The molecule has 1 aliphatic rings. The molecular weight excluding hydrogens is 588 g/mol. The molecule has 0 spiro atoms. The highest BCUT2D eigenvalue weighted by molar-refractivity contribution is 6.06. The van der Waals surface area contributed by atoms with Gasteiger partial charge < -0.3 is 43.2 Å². The number of hydrogen-bond acceptors (Lipinski definition) is 12. The Balaban J connectivity index is 1.44. The molecule has 7 rings (SSSR count). The first-order valence-corrected chi connectivity index (χ1v) is 13.9. The van der Waals surface area contributed by atoms with Crippen molar-refractivity contribution in [2.45, 2.75) is 37.6 Å². The van der Waals surface area contributed by atoms with E-state index in [1.54, 1.807) is 36.4 Å². The van der Waals surface area contributed by atoms with Gasteiger partial charge in [-0.15, -0.1) is 0 Å². The minimum absolute atomic E-state index is 0.000690. The number of phenolic OH excluding ortho intramolecular Hbond substituents is 1. The molecular formula is C33H24O12. The summed E-state index contributed by atoms with van der Waals surface area (Å²) in [7, 11) is 0. The zero-order valence-electron chi connectivity index (χ0n) is 23.4. The first-order valence-electron chi connectivity index (χ1n) is 13.9. The molecule has 0 aliphatic carbocycles. The molecule has 1 fully saturated rings. The predicted octanol–water partition coefficient (Wildman–Crippen LogP) is 3.25. The van der Waals surface area contributed by atoms with E-state index in [0.717, 1.165) is 0 Å². The third-order valence-electron chi connectivity index (χ3n) is 7.87. The van der Waals surface area contributed by atoms with E-state index >= 15 is 0 Å². The number of benzene rings is 3. The third-order valence-corrected chi connectivity index (χ3v) is 7.87. The van der Waals surface area contributed by atoms with Crippen LogP contribution in [0.15, 0.2) is 100 Å². The Morgan fingerprint density at radius 3 is 2.13 bits per heavy atom. The van der Waals surface area contributed by atoms with E-state index in [9.17, 15) is 34.8 Å². The quantitative estimate of drug-likeness (QED) is 0.213. The number of aliphatic hydroxyl groups is 3. The highest BCUT2D eigenvalue weighted by Gasteiger charge is 2.43. The molecule has 0 radical (unpaired) electrons. The predicted molar refractivity (Wildman–Crippen MR) is 160 cm³/mol. The number of hydrogen-bond donors (Lipinski definition) is 4. The van der Waals surface area contributed by atoms with E-state index in [-0.39, 0.29) is 44.9 Å². The third kappa shape index (κ3) is 4.86. The van der Waals surface area contributed by atoms with Crippen LogP contribution in [0.5, 0.6) is 11.5 Å². The Bertz CT molecular complexity index is 2300. The normalized spacial score (nSPS) is 21.8. The average Bonchev–Trinajstić information content (AvgIpc) is 3.02. The Morgan fingerprint density at radius 1 is 0.667 bits per heavy atom. The summed E-state index contributed by atoms with van der Waals surface area (Å²) < 4.78 is 28.2. The van der Waals surface area contributed by atoms with Crippen molar-refractivity contribution >= 4 is 32.9 Å². The van der Waals surface area contributed by atoms with Crippen molar-refractivity contribution in [2.75, 3.05) is 0 Å². The van der Waals surface area contributed by atoms with Gasteiger partial charge in [0.1, 0.15) is 46.6 Å². The minimum Gasteiger partial charge on any atom is -0.507 e. The zero-order valence-corrected chi connectivity index (χ0v) is 23.4. The van der Waals surface area contributed by atoms with Crippen LogP contribution < -0.4 is 21.6 Å². The summed E-state index contributed by atoms with van der Waals surface area (Å²) in [6.07, 6.45) is -7.03. The van der Waals surface area contributed by atoms with Gasteiger partial charge in [0.2, 0.25) is 6.29 Å². The standard InChI is InChI=1S/C33H24O12/c1-14-27(37)28(38)29(39)33(41-14)43-21-9-5-16-7-11-24(36)44-30(16)26(21)25-20(34)8-4-18-12-19(32(40)45-31(18)25)17-3-2-15-6-10-23(35)42-22(15)13-17/h2-14,27-29,33-34,37-39H,1H3/t14-,27+,28+,29-,33-/m1/s1. The van der Waals surface area contributed by atoms with Gasteiger partial charge in [-0.3, -0.25) is 0 Å². The summed E-state index contributed by atoms with van der Waals surface area (Å²) in [5.74, 6) is -0.417. The molecule has 0 unspecified atom stereocenters. The molecule has 12 heteroatoms. The van der Waals surface area contributed by atoms with E-state index in [1.165, 1.54) is 43.3 Å². The first kappa shape index (κ1) is 28.5. The van der Waals surface area contributed by atoms with Crippen LogP contribution in [0.1, 0.15) is 6.92 Å². The molecule has 0 saturated carbocycles. The lowest BCUT2D eigenvalue weighted by Gasteiger charge is -2.39. The average molecular weight is 613 g/mol. The number of phenols is 1. The second kappa shape index (κ2) is 10.7. The van der Waals surface area contributed by atoms with Crippen LogP contribution in [0.2, 0.25) is 0 Å². The Morgan fingerprint density at radius 2 is 1.33 bits per heavy atom. The summed E-state index contributed by atoms with van der Waals surface area (Å²) in [6.45, 7) is 1.49. The van der Waals surface area contributed by atoms with Gasteiger partial charge in [-0.05, 0) is 61.0 Å². The van der Waals surface area contributed by atoms with Gasteiger partial charge in [0.25, 0.3) is 0 Å². The molecule has 1 aliphatic heterocycles. The fraction of sp³-hybridized carbons (Fsp3) is 0.182. The summed E-state index contributed by atoms with van der Waals surface area (Å²) in [4.78, 5) is 37.6. The van der Waals surface area contributed by atoms with Crippen molar-refractivity contribution < 1.29 is 43.2 Å². The maximum atomic E-state index is 13.4. The van der Waals surface area contributed by atoms with Gasteiger partial charge in [-0.25, -0.2) is 14.4 Å². The van der Waals surface area contributed by atoms with Crippen molar-refractivity contribution in [1.29, 1.82) is 0 Å². The van der Waals surface area contributed by atoms with Crippen LogP contribution in [0.3, 0.4) is 0 Å². The van der Waals surface area contributed by atoms with Gasteiger partial charge in [0.05, 0.1) is 22.8 Å². The number of aromatic hydroxyl groups is 1. The number of ether oxygens (including phenoxy) is 2. The molecule has 1 saturated heterocycles. The smallest absolute Gasteiger partial charge is 0.344 e. The highest BCUT2D eigenvalue weighted by atomic mass is 16.7. The Hall–Kier alpha value is -5.27. The molecule has 0 bridgehead atoms. The minimum atomic E-state index is -1.67. The van der Waals surface area contributed by atoms with Crippen LogP contribution in [0.25, 0.3) is 55.2 Å². The molecule has 12 nitrogen and oxygen atoms in total. The molecule has 0 amide bonds. The zero-order chi connectivity index (χ0) is 31.6. The van der Waals surface area contributed by atoms with Gasteiger partial charge >= 0.3 is 16.9 Å². The second-order valence-corrected chi connectivity index (χ2v) is 10.7. The molecule has 45 heavy (non-hydrogen) atoms. The molecule has 3 aromatic heterocycles. The van der Waals surface area contributed by atoms with Crippen LogP contribution in [-0.2, 0) is 4.74 Å². The topological polar surface area (TPSA) is 190 Å². The van der Waals surface area contributed by atoms with Crippen molar-refractivity contribution in [3.8, 4) is 33.8 Å². The van der Waals surface area contributed by atoms with Gasteiger partial charge in [0.15, 0.2) is 0 Å². The summed E-state index contributed by atoms with van der Waals surface area (Å²) >= 11 is 0. The van der Waals surface area contributed by atoms with Crippen molar-refractivity contribution in [2.24, 2.45) is 0 Å². The van der Waals surface area contributed by atoms with Gasteiger partial charge in [-0.1, -0.05) is 12.1 Å². The molecule has 6 aromatic rings. The summed E-state index contributed by atoms with van der Waals surface area (Å²) in [6, 6.07) is 18.0. The van der Waals surface area contributed by atoms with E-state index in [2.05, 4.69) is 0 Å². The Kier molecular flexibility index (Phi) is 6.79. The maximum absolute atomic E-state index is 13.4. The van der Waals surface area contributed by atoms with E-state index in [0.29, 0.717) is 21.7 Å². The van der Waals surface area contributed by atoms with Crippen molar-refractivity contribution in [3.05, 3.63) is 104 Å².